The molecule has 0 aliphatic heterocycles. The lowest BCUT2D eigenvalue weighted by atomic mass is 10.1. The number of hydrogen-bond acceptors (Lipinski definition) is 2. The van der Waals surface area contributed by atoms with Crippen molar-refractivity contribution in [3.05, 3.63) is 33.8 Å². The van der Waals surface area contributed by atoms with Crippen LogP contribution in [0.15, 0.2) is 22.7 Å². The normalized spacial score (nSPS) is 10.4. The molecule has 0 aliphatic rings. The van der Waals surface area contributed by atoms with E-state index in [9.17, 15) is 4.39 Å². The highest BCUT2D eigenvalue weighted by molar-refractivity contribution is 9.10. The molecule has 0 saturated heterocycles. The predicted molar refractivity (Wildman–Crippen MR) is 52.8 cm³/mol. The van der Waals surface area contributed by atoms with Crippen LogP contribution in [0.1, 0.15) is 11.1 Å². The van der Waals surface area contributed by atoms with E-state index in [0.29, 0.717) is 12.2 Å². The van der Waals surface area contributed by atoms with Crippen LogP contribution in [0.25, 0.3) is 0 Å². The minimum absolute atomic E-state index is 0.450. The van der Waals surface area contributed by atoms with E-state index in [1.807, 2.05) is 12.1 Å². The summed E-state index contributed by atoms with van der Waals surface area (Å²) in [4.78, 5) is 4.45. The Bertz CT molecular complexity index is 280. The summed E-state index contributed by atoms with van der Waals surface area (Å²) in [6, 6.07) is 5.52. The first-order chi connectivity index (χ1) is 6.27. The summed E-state index contributed by atoms with van der Waals surface area (Å²) in [6.07, 6.45) is 0.738. The molecule has 0 radical (unpaired) electrons. The van der Waals surface area contributed by atoms with Gasteiger partial charge >= 0.3 is 0 Å². The molecule has 0 bridgehead atoms. The Morgan fingerprint density at radius 2 is 2.23 bits per heavy atom. The molecule has 72 valence electrons. The first kappa shape index (κ1) is 10.6. The highest BCUT2D eigenvalue weighted by atomic mass is 79.9. The van der Waals surface area contributed by atoms with Gasteiger partial charge in [0.15, 0.2) is 0 Å². The van der Waals surface area contributed by atoms with Gasteiger partial charge in [-0.1, -0.05) is 28.1 Å². The summed E-state index contributed by atoms with van der Waals surface area (Å²) in [7, 11) is 0. The molecule has 0 heterocycles. The number of halogens is 2. The Morgan fingerprint density at radius 1 is 1.46 bits per heavy atom. The van der Waals surface area contributed by atoms with Gasteiger partial charge in [0.05, 0.1) is 6.61 Å². The summed E-state index contributed by atoms with van der Waals surface area (Å²) >= 11 is 3.29. The van der Waals surface area contributed by atoms with Gasteiger partial charge in [-0.25, -0.2) is 10.3 Å². The fourth-order valence-electron chi connectivity index (χ4n) is 1.03. The van der Waals surface area contributed by atoms with Crippen molar-refractivity contribution in [2.75, 3.05) is 6.61 Å². The Hall–Kier alpha value is -0.450. The summed E-state index contributed by atoms with van der Waals surface area (Å²) < 4.78 is 13.1. The predicted octanol–water partition coefficient (Wildman–Crippen LogP) is 2.35. The number of benzene rings is 1. The van der Waals surface area contributed by atoms with Crippen LogP contribution in [0.3, 0.4) is 0 Å². The van der Waals surface area contributed by atoms with E-state index in [4.69, 9.17) is 5.90 Å². The SMILES string of the molecule is NOCCc1ccc(CF)c(Br)c1. The molecule has 0 amide bonds. The van der Waals surface area contributed by atoms with Crippen molar-refractivity contribution in [1.82, 2.24) is 0 Å². The first-order valence-corrected chi connectivity index (χ1v) is 4.72. The Kier molecular flexibility index (Phi) is 4.35. The van der Waals surface area contributed by atoms with Crippen LogP contribution in [0.5, 0.6) is 0 Å². The molecule has 1 rings (SSSR count). The minimum atomic E-state index is -0.450. The van der Waals surface area contributed by atoms with E-state index >= 15 is 0 Å². The van der Waals surface area contributed by atoms with Gasteiger partial charge in [-0.2, -0.15) is 0 Å². The van der Waals surface area contributed by atoms with Crippen LogP contribution in [0.2, 0.25) is 0 Å². The lowest BCUT2D eigenvalue weighted by Gasteiger charge is -2.03. The fourth-order valence-corrected chi connectivity index (χ4v) is 1.56. The number of rotatable bonds is 4. The zero-order chi connectivity index (χ0) is 9.68. The standard InChI is InChI=1S/C9H11BrFNO/c10-9-5-7(3-4-13-12)1-2-8(9)6-11/h1-2,5H,3-4,6,12H2. The molecule has 0 saturated carbocycles. The molecule has 0 aromatic heterocycles. The van der Waals surface area contributed by atoms with Crippen LogP contribution in [-0.4, -0.2) is 6.61 Å². The molecule has 1 aromatic carbocycles. The van der Waals surface area contributed by atoms with Gasteiger partial charge in [0.25, 0.3) is 0 Å². The molecule has 4 heteroatoms. The number of nitrogens with two attached hydrogens (primary N) is 1. The van der Waals surface area contributed by atoms with Gasteiger partial charge in [-0.05, 0) is 23.6 Å². The Labute approximate surface area is 85.0 Å². The van der Waals surface area contributed by atoms with Crippen LogP contribution < -0.4 is 5.90 Å². The summed E-state index contributed by atoms with van der Waals surface area (Å²) in [5.41, 5.74) is 1.74. The molecule has 2 N–H and O–H groups in total. The highest BCUT2D eigenvalue weighted by Crippen LogP contribution is 2.19. The van der Waals surface area contributed by atoms with Gasteiger partial charge < -0.3 is 4.84 Å². The maximum absolute atomic E-state index is 12.3. The Morgan fingerprint density at radius 3 is 2.77 bits per heavy atom. The minimum Gasteiger partial charge on any atom is -0.304 e. The van der Waals surface area contributed by atoms with Crippen molar-refractivity contribution < 1.29 is 9.23 Å². The smallest absolute Gasteiger partial charge is 0.116 e. The third kappa shape index (κ3) is 3.06. The lowest BCUT2D eigenvalue weighted by Crippen LogP contribution is -2.03. The summed E-state index contributed by atoms with van der Waals surface area (Å²) in [6.45, 7) is 0.0235. The van der Waals surface area contributed by atoms with Crippen LogP contribution in [0.4, 0.5) is 4.39 Å². The van der Waals surface area contributed by atoms with Gasteiger partial charge in [-0.15, -0.1) is 0 Å². The van der Waals surface area contributed by atoms with Crippen LogP contribution >= 0.6 is 15.9 Å². The largest absolute Gasteiger partial charge is 0.304 e. The highest BCUT2D eigenvalue weighted by Gasteiger charge is 2.00. The molecule has 0 atom stereocenters. The second kappa shape index (κ2) is 5.32. The maximum Gasteiger partial charge on any atom is 0.116 e. The third-order valence-corrected chi connectivity index (χ3v) is 2.51. The van der Waals surface area contributed by atoms with Crippen molar-refractivity contribution in [2.24, 2.45) is 5.90 Å². The van der Waals surface area contributed by atoms with Crippen LogP contribution in [-0.2, 0) is 17.9 Å². The van der Waals surface area contributed by atoms with Crippen molar-refractivity contribution in [1.29, 1.82) is 0 Å². The van der Waals surface area contributed by atoms with Crippen LogP contribution in [0, 0.1) is 0 Å². The lowest BCUT2D eigenvalue weighted by molar-refractivity contribution is 0.141. The van der Waals surface area contributed by atoms with Gasteiger partial charge in [0.1, 0.15) is 6.67 Å². The zero-order valence-electron chi connectivity index (χ0n) is 7.09. The summed E-state index contributed by atoms with van der Waals surface area (Å²) in [5.74, 6) is 4.90. The first-order valence-electron chi connectivity index (χ1n) is 3.93. The van der Waals surface area contributed by atoms with E-state index in [-0.39, 0.29) is 0 Å². The molecule has 0 fully saturated rings. The fraction of sp³-hybridized carbons (Fsp3) is 0.333. The monoisotopic (exact) mass is 247 g/mol. The van der Waals surface area contributed by atoms with Gasteiger partial charge in [-0.3, -0.25) is 0 Å². The molecule has 0 unspecified atom stereocenters. The zero-order valence-corrected chi connectivity index (χ0v) is 8.68. The maximum atomic E-state index is 12.3. The number of hydrogen-bond donors (Lipinski definition) is 1. The number of alkyl halides is 1. The molecule has 1 aromatic rings. The topological polar surface area (TPSA) is 35.2 Å². The summed E-state index contributed by atoms with van der Waals surface area (Å²) in [5, 5.41) is 0. The molecular formula is C9H11BrFNO. The second-order valence-corrected chi connectivity index (χ2v) is 3.53. The van der Waals surface area contributed by atoms with Gasteiger partial charge in [0, 0.05) is 4.47 Å². The molecule has 0 aliphatic carbocycles. The van der Waals surface area contributed by atoms with E-state index < -0.39 is 6.67 Å². The molecule has 2 nitrogen and oxygen atoms in total. The van der Waals surface area contributed by atoms with E-state index in [0.717, 1.165) is 16.5 Å². The van der Waals surface area contributed by atoms with Crippen molar-refractivity contribution >= 4 is 15.9 Å². The van der Waals surface area contributed by atoms with E-state index in [2.05, 4.69) is 20.8 Å². The molecular weight excluding hydrogens is 237 g/mol. The average Bonchev–Trinajstić information content (AvgIpc) is 2.15. The van der Waals surface area contributed by atoms with Gasteiger partial charge in [0.2, 0.25) is 0 Å². The second-order valence-electron chi connectivity index (χ2n) is 2.68. The average molecular weight is 248 g/mol. The Balaban J connectivity index is 2.71. The van der Waals surface area contributed by atoms with Crippen molar-refractivity contribution in [3.63, 3.8) is 0 Å². The van der Waals surface area contributed by atoms with Crippen molar-refractivity contribution in [3.8, 4) is 0 Å². The third-order valence-electron chi connectivity index (χ3n) is 1.77. The van der Waals surface area contributed by atoms with Crippen molar-refractivity contribution in [2.45, 2.75) is 13.1 Å². The molecule has 13 heavy (non-hydrogen) atoms. The van der Waals surface area contributed by atoms with E-state index in [1.54, 1.807) is 6.07 Å². The molecule has 0 spiro atoms. The van der Waals surface area contributed by atoms with E-state index in [1.165, 1.54) is 0 Å². The quantitative estimate of drug-likeness (QED) is 0.830.